The van der Waals surface area contributed by atoms with Crippen molar-refractivity contribution in [3.05, 3.63) is 30.1 Å². The highest BCUT2D eigenvalue weighted by Crippen LogP contribution is 2.19. The van der Waals surface area contributed by atoms with E-state index in [1.165, 1.54) is 18.2 Å². The smallest absolute Gasteiger partial charge is 0.241 e. The van der Waals surface area contributed by atoms with Crippen LogP contribution < -0.4 is 11.1 Å². The molecule has 1 rings (SSSR count). The summed E-state index contributed by atoms with van der Waals surface area (Å²) in [7, 11) is 0. The van der Waals surface area contributed by atoms with E-state index in [1.54, 1.807) is 6.07 Å². The van der Waals surface area contributed by atoms with E-state index in [0.717, 1.165) is 0 Å². The standard InChI is InChI=1S/C12H17FN2O.ClH/c1-12(2,3)10(14)11(16)15-9-6-4-5-8(13)7-9;/h4-7,10H,14H2,1-3H3,(H,15,16);1H/t10-;/m1./s1. The number of anilines is 1. The van der Waals surface area contributed by atoms with Gasteiger partial charge in [-0.3, -0.25) is 4.79 Å². The summed E-state index contributed by atoms with van der Waals surface area (Å²) in [5, 5.41) is 2.59. The normalized spacial score (nSPS) is 12.5. The molecule has 0 spiro atoms. The number of hydrogen-bond acceptors (Lipinski definition) is 2. The summed E-state index contributed by atoms with van der Waals surface area (Å²) in [6.45, 7) is 5.63. The molecule has 0 fully saturated rings. The summed E-state index contributed by atoms with van der Waals surface area (Å²) < 4.78 is 12.9. The second kappa shape index (κ2) is 5.98. The van der Waals surface area contributed by atoms with Crippen LogP contribution in [0.5, 0.6) is 0 Å². The van der Waals surface area contributed by atoms with Crippen LogP contribution >= 0.6 is 12.4 Å². The van der Waals surface area contributed by atoms with Crippen molar-refractivity contribution in [2.45, 2.75) is 26.8 Å². The van der Waals surface area contributed by atoms with Gasteiger partial charge in [-0.1, -0.05) is 26.8 Å². The highest BCUT2D eigenvalue weighted by atomic mass is 35.5. The molecule has 1 aromatic carbocycles. The Morgan fingerprint density at radius 1 is 1.41 bits per heavy atom. The summed E-state index contributed by atoms with van der Waals surface area (Å²) in [6, 6.07) is 5.10. The minimum absolute atomic E-state index is 0. The molecule has 0 unspecified atom stereocenters. The van der Waals surface area contributed by atoms with Crippen LogP contribution in [-0.2, 0) is 4.79 Å². The number of hydrogen-bond donors (Lipinski definition) is 2. The van der Waals surface area contributed by atoms with Gasteiger partial charge in [-0.25, -0.2) is 4.39 Å². The Balaban J connectivity index is 0.00000256. The van der Waals surface area contributed by atoms with Crippen molar-refractivity contribution >= 4 is 24.0 Å². The van der Waals surface area contributed by atoms with E-state index in [1.807, 2.05) is 20.8 Å². The molecule has 0 aliphatic carbocycles. The lowest BCUT2D eigenvalue weighted by Gasteiger charge is -2.25. The summed E-state index contributed by atoms with van der Waals surface area (Å²) in [5.74, 6) is -0.694. The number of rotatable bonds is 2. The van der Waals surface area contributed by atoms with E-state index < -0.39 is 6.04 Å². The van der Waals surface area contributed by atoms with E-state index in [-0.39, 0.29) is 29.5 Å². The van der Waals surface area contributed by atoms with Crippen molar-refractivity contribution < 1.29 is 9.18 Å². The molecule has 0 aliphatic rings. The molecule has 1 atom stereocenters. The third-order valence-electron chi connectivity index (χ3n) is 2.31. The molecule has 1 aromatic rings. The third-order valence-corrected chi connectivity index (χ3v) is 2.31. The fourth-order valence-corrected chi connectivity index (χ4v) is 1.18. The predicted octanol–water partition coefficient (Wildman–Crippen LogP) is 2.56. The van der Waals surface area contributed by atoms with Crippen LogP contribution in [0.1, 0.15) is 20.8 Å². The van der Waals surface area contributed by atoms with Crippen LogP contribution in [-0.4, -0.2) is 11.9 Å². The van der Waals surface area contributed by atoms with Crippen molar-refractivity contribution in [2.75, 3.05) is 5.32 Å². The largest absolute Gasteiger partial charge is 0.325 e. The van der Waals surface area contributed by atoms with Gasteiger partial charge in [-0.15, -0.1) is 12.4 Å². The van der Waals surface area contributed by atoms with Crippen LogP contribution in [0.3, 0.4) is 0 Å². The molecule has 96 valence electrons. The van der Waals surface area contributed by atoms with E-state index in [2.05, 4.69) is 5.32 Å². The fourth-order valence-electron chi connectivity index (χ4n) is 1.18. The number of amides is 1. The first-order valence-electron chi connectivity index (χ1n) is 5.13. The lowest BCUT2D eigenvalue weighted by molar-refractivity contribution is -0.119. The Labute approximate surface area is 107 Å². The number of benzene rings is 1. The molecule has 0 bridgehead atoms. The van der Waals surface area contributed by atoms with Gasteiger partial charge >= 0.3 is 0 Å². The minimum atomic E-state index is -0.629. The zero-order chi connectivity index (χ0) is 12.3. The van der Waals surface area contributed by atoms with Crippen LogP contribution in [0.4, 0.5) is 10.1 Å². The molecule has 0 aliphatic heterocycles. The molecule has 0 saturated carbocycles. The maximum Gasteiger partial charge on any atom is 0.241 e. The van der Waals surface area contributed by atoms with Gasteiger partial charge in [0.2, 0.25) is 5.91 Å². The number of carbonyl (C=O) groups excluding carboxylic acids is 1. The van der Waals surface area contributed by atoms with Crippen molar-refractivity contribution in [3.8, 4) is 0 Å². The summed E-state index contributed by atoms with van der Waals surface area (Å²) >= 11 is 0. The molecule has 5 heteroatoms. The van der Waals surface area contributed by atoms with Crippen LogP contribution in [0.25, 0.3) is 0 Å². The van der Waals surface area contributed by atoms with Crippen LogP contribution in [0, 0.1) is 11.2 Å². The van der Waals surface area contributed by atoms with Gasteiger partial charge < -0.3 is 11.1 Å². The van der Waals surface area contributed by atoms with E-state index >= 15 is 0 Å². The first-order valence-corrected chi connectivity index (χ1v) is 5.13. The van der Waals surface area contributed by atoms with E-state index in [9.17, 15) is 9.18 Å². The van der Waals surface area contributed by atoms with Crippen LogP contribution in [0.15, 0.2) is 24.3 Å². The number of carbonyl (C=O) groups is 1. The number of nitrogens with one attached hydrogen (secondary N) is 1. The SMILES string of the molecule is CC(C)(C)[C@H](N)C(=O)Nc1cccc(F)c1.Cl. The van der Waals surface area contributed by atoms with Gasteiger partial charge in [0, 0.05) is 5.69 Å². The predicted molar refractivity (Wildman–Crippen MR) is 69.7 cm³/mol. The maximum atomic E-state index is 12.9. The average Bonchev–Trinajstić information content (AvgIpc) is 2.15. The Bertz CT molecular complexity index is 390. The van der Waals surface area contributed by atoms with E-state index in [4.69, 9.17) is 5.73 Å². The van der Waals surface area contributed by atoms with Crippen molar-refractivity contribution in [2.24, 2.45) is 11.1 Å². The second-order valence-electron chi connectivity index (χ2n) is 4.84. The minimum Gasteiger partial charge on any atom is -0.325 e. The Morgan fingerprint density at radius 2 is 2.00 bits per heavy atom. The molecule has 0 radical (unpaired) electrons. The topological polar surface area (TPSA) is 55.1 Å². The zero-order valence-corrected chi connectivity index (χ0v) is 11.0. The lowest BCUT2D eigenvalue weighted by Crippen LogP contribution is -2.45. The van der Waals surface area contributed by atoms with Crippen molar-refractivity contribution in [1.29, 1.82) is 0 Å². The lowest BCUT2D eigenvalue weighted by atomic mass is 9.87. The highest BCUT2D eigenvalue weighted by Gasteiger charge is 2.27. The zero-order valence-electron chi connectivity index (χ0n) is 10.2. The molecule has 1 amide bonds. The Hall–Kier alpha value is -1.13. The van der Waals surface area contributed by atoms with Gasteiger partial charge in [0.15, 0.2) is 0 Å². The van der Waals surface area contributed by atoms with Crippen molar-refractivity contribution in [1.82, 2.24) is 0 Å². The molecule has 0 aromatic heterocycles. The highest BCUT2D eigenvalue weighted by molar-refractivity contribution is 5.95. The molecular formula is C12H18ClFN2O. The summed E-state index contributed by atoms with van der Waals surface area (Å²) in [5.41, 5.74) is 5.87. The monoisotopic (exact) mass is 260 g/mol. The summed E-state index contributed by atoms with van der Waals surface area (Å²) in [4.78, 5) is 11.7. The second-order valence-corrected chi connectivity index (χ2v) is 4.84. The van der Waals surface area contributed by atoms with Gasteiger partial charge in [0.1, 0.15) is 5.82 Å². The Morgan fingerprint density at radius 3 is 2.47 bits per heavy atom. The molecule has 3 nitrogen and oxygen atoms in total. The van der Waals surface area contributed by atoms with E-state index in [0.29, 0.717) is 5.69 Å². The molecule has 0 heterocycles. The van der Waals surface area contributed by atoms with Gasteiger partial charge in [0.25, 0.3) is 0 Å². The summed E-state index contributed by atoms with van der Waals surface area (Å²) in [6.07, 6.45) is 0. The van der Waals surface area contributed by atoms with Crippen molar-refractivity contribution in [3.63, 3.8) is 0 Å². The number of halogens is 2. The van der Waals surface area contributed by atoms with Gasteiger partial charge in [-0.2, -0.15) is 0 Å². The molecule has 3 N–H and O–H groups in total. The first kappa shape index (κ1) is 15.9. The quantitative estimate of drug-likeness (QED) is 0.859. The fraction of sp³-hybridized carbons (Fsp3) is 0.417. The average molecular weight is 261 g/mol. The van der Waals surface area contributed by atoms with Gasteiger partial charge in [0.05, 0.1) is 6.04 Å². The maximum absolute atomic E-state index is 12.9. The molecule has 17 heavy (non-hydrogen) atoms. The first-order chi connectivity index (χ1) is 7.30. The van der Waals surface area contributed by atoms with Crippen LogP contribution in [0.2, 0.25) is 0 Å². The Kier molecular flexibility index (Phi) is 5.58. The number of nitrogens with two attached hydrogens (primary N) is 1. The van der Waals surface area contributed by atoms with Gasteiger partial charge in [-0.05, 0) is 23.6 Å². The molecular weight excluding hydrogens is 243 g/mol. The third kappa shape index (κ3) is 4.71. The molecule has 0 saturated heterocycles.